The summed E-state index contributed by atoms with van der Waals surface area (Å²) in [6.45, 7) is 23.8. The van der Waals surface area contributed by atoms with Crippen LogP contribution >= 0.6 is 0 Å². The number of tetrazole rings is 1. The molecule has 0 aliphatic heterocycles. The van der Waals surface area contributed by atoms with E-state index < -0.39 is 26.5 Å². The minimum Gasteiger partial charge on any atom is -0.466 e. The molecule has 1 aromatic carbocycles. The SMILES string of the molecule is CC[Si](CC)(CC)O[C@@H]([C@@H](C)[C@H](CCS(=O)(=O)c1nnnn1-c1ccccc1)O[Si](C)(C)C(C)(C)C)[C@@H](C)CC/C=C(\C)C(=O)OC. The van der Waals surface area contributed by atoms with Crippen molar-refractivity contribution in [2.24, 2.45) is 11.8 Å². The van der Waals surface area contributed by atoms with Crippen molar-refractivity contribution in [3.8, 4) is 5.69 Å². The summed E-state index contributed by atoms with van der Waals surface area (Å²) in [5.41, 5.74) is 1.17. The van der Waals surface area contributed by atoms with Crippen molar-refractivity contribution in [1.29, 1.82) is 0 Å². The van der Waals surface area contributed by atoms with Crippen LogP contribution < -0.4 is 0 Å². The molecule has 266 valence electrons. The molecular formula is C34H60N4O6SSi2. The van der Waals surface area contributed by atoms with Gasteiger partial charge in [0.2, 0.25) is 9.84 Å². The van der Waals surface area contributed by atoms with E-state index in [9.17, 15) is 13.2 Å². The average Bonchev–Trinajstić information content (AvgIpc) is 3.54. The molecule has 2 rings (SSSR count). The van der Waals surface area contributed by atoms with Gasteiger partial charge in [-0.3, -0.25) is 0 Å². The van der Waals surface area contributed by atoms with Crippen molar-refractivity contribution in [2.75, 3.05) is 12.9 Å². The first-order chi connectivity index (χ1) is 21.9. The van der Waals surface area contributed by atoms with Gasteiger partial charge >= 0.3 is 5.97 Å². The Hall–Kier alpha value is -2.20. The maximum absolute atomic E-state index is 13.9. The molecule has 0 N–H and O–H groups in total. The van der Waals surface area contributed by atoms with E-state index in [4.69, 9.17) is 13.6 Å². The van der Waals surface area contributed by atoms with Crippen molar-refractivity contribution in [1.82, 2.24) is 20.2 Å². The Labute approximate surface area is 286 Å². The fourth-order valence-corrected chi connectivity index (χ4v) is 11.4. The molecule has 13 heteroatoms. The number of nitrogens with zero attached hydrogens (tertiary/aromatic N) is 4. The van der Waals surface area contributed by atoms with E-state index in [1.807, 2.05) is 24.3 Å². The number of ether oxygens (including phenoxy) is 1. The summed E-state index contributed by atoms with van der Waals surface area (Å²) in [5, 5.41) is 11.4. The normalized spacial score (nSPS) is 16.0. The van der Waals surface area contributed by atoms with Gasteiger partial charge in [-0.05, 0) is 90.9 Å². The molecule has 0 radical (unpaired) electrons. The molecule has 47 heavy (non-hydrogen) atoms. The molecule has 0 unspecified atom stereocenters. The lowest BCUT2D eigenvalue weighted by Gasteiger charge is -2.45. The first kappa shape index (κ1) is 41.0. The number of hydrogen-bond donors (Lipinski definition) is 0. The van der Waals surface area contributed by atoms with Crippen molar-refractivity contribution in [2.45, 2.75) is 135 Å². The molecular weight excluding hydrogens is 649 g/mol. The van der Waals surface area contributed by atoms with Crippen LogP contribution in [0.3, 0.4) is 0 Å². The van der Waals surface area contributed by atoms with Gasteiger partial charge in [-0.1, -0.05) is 84.8 Å². The standard InChI is InChI=1S/C34H60N4O6SSi2/c1-13-47(14-2,15-3)44-31(26(4)20-19-21-27(5)32(39)42-10)28(6)30(43-46(11,12)34(7,8)9)24-25-45(40,41)33-35-36-37-38(33)29-22-17-16-18-23-29/h16-18,21-23,26,28,30-31H,13-15,19-20,24-25H2,1-12H3/b27-21+/t26-,28-,30-,31+/m0/s1. The Kier molecular flexibility index (Phi) is 15.2. The van der Waals surface area contributed by atoms with Gasteiger partial charge in [0.25, 0.3) is 5.16 Å². The van der Waals surface area contributed by atoms with Crippen LogP contribution in [0.5, 0.6) is 0 Å². The third kappa shape index (κ3) is 10.9. The van der Waals surface area contributed by atoms with Crippen molar-refractivity contribution in [3.05, 3.63) is 42.0 Å². The zero-order valence-corrected chi connectivity index (χ0v) is 33.7. The third-order valence-corrected chi connectivity index (χ3v) is 20.9. The molecule has 0 saturated carbocycles. The van der Waals surface area contributed by atoms with Gasteiger partial charge in [0, 0.05) is 11.5 Å². The number of esters is 1. The second kappa shape index (κ2) is 17.5. The monoisotopic (exact) mass is 708 g/mol. The fourth-order valence-electron chi connectivity index (χ4n) is 5.66. The minimum atomic E-state index is -3.87. The lowest BCUT2D eigenvalue weighted by atomic mass is 9.86. The van der Waals surface area contributed by atoms with E-state index in [1.165, 1.54) is 11.8 Å². The highest BCUT2D eigenvalue weighted by atomic mass is 32.2. The zero-order valence-electron chi connectivity index (χ0n) is 30.9. The van der Waals surface area contributed by atoms with Gasteiger partial charge in [0.1, 0.15) is 0 Å². The van der Waals surface area contributed by atoms with Crippen LogP contribution in [0.25, 0.3) is 5.69 Å². The summed E-state index contributed by atoms with van der Waals surface area (Å²) in [5.74, 6) is -0.447. The number of benzene rings is 1. The maximum Gasteiger partial charge on any atom is 0.333 e. The number of rotatable bonds is 19. The Balaban J connectivity index is 2.51. The van der Waals surface area contributed by atoms with Crippen LogP contribution in [-0.2, 0) is 28.2 Å². The molecule has 10 nitrogen and oxygen atoms in total. The van der Waals surface area contributed by atoms with Crippen molar-refractivity contribution < 1.29 is 26.8 Å². The van der Waals surface area contributed by atoms with E-state index in [1.54, 1.807) is 19.1 Å². The zero-order chi connectivity index (χ0) is 35.6. The first-order valence-corrected chi connectivity index (χ1v) is 24.1. The number of carbonyl (C=O) groups excluding carboxylic acids is 1. The lowest BCUT2D eigenvalue weighted by molar-refractivity contribution is -0.136. The van der Waals surface area contributed by atoms with Gasteiger partial charge in [-0.25, -0.2) is 13.2 Å². The number of methoxy groups -OCH3 is 1. The summed E-state index contributed by atoms with van der Waals surface area (Å²) in [6.07, 6.45) is 3.20. The van der Waals surface area contributed by atoms with Crippen LogP contribution in [0, 0.1) is 11.8 Å². The van der Waals surface area contributed by atoms with Crippen LogP contribution in [-0.4, -0.2) is 76.3 Å². The second-order valence-corrected chi connectivity index (χ2v) is 25.8. The molecule has 0 aliphatic rings. The molecule has 0 aliphatic carbocycles. The van der Waals surface area contributed by atoms with Crippen LogP contribution in [0.2, 0.25) is 36.3 Å². The van der Waals surface area contributed by atoms with Crippen LogP contribution in [0.1, 0.15) is 81.6 Å². The molecule has 1 heterocycles. The molecule has 1 aromatic heterocycles. The quantitative estimate of drug-likeness (QED) is 0.0818. The number of hydrogen-bond acceptors (Lipinski definition) is 9. The van der Waals surface area contributed by atoms with E-state index in [0.29, 0.717) is 17.7 Å². The number of aromatic nitrogens is 4. The molecule has 0 saturated heterocycles. The van der Waals surface area contributed by atoms with E-state index >= 15 is 0 Å². The molecule has 0 fully saturated rings. The van der Waals surface area contributed by atoms with Gasteiger partial charge < -0.3 is 13.6 Å². The summed E-state index contributed by atoms with van der Waals surface area (Å²) < 4.78 is 48.3. The van der Waals surface area contributed by atoms with E-state index in [0.717, 1.165) is 24.6 Å². The number of carbonyl (C=O) groups is 1. The van der Waals surface area contributed by atoms with Crippen molar-refractivity contribution >= 4 is 32.4 Å². The Morgan fingerprint density at radius 3 is 2.13 bits per heavy atom. The van der Waals surface area contributed by atoms with Gasteiger partial charge in [0.05, 0.1) is 30.8 Å². The largest absolute Gasteiger partial charge is 0.466 e. The topological polar surface area (TPSA) is 123 Å². The smallest absolute Gasteiger partial charge is 0.333 e. The van der Waals surface area contributed by atoms with Crippen LogP contribution in [0.4, 0.5) is 0 Å². The van der Waals surface area contributed by atoms with E-state index in [-0.39, 0.29) is 52.4 Å². The Bertz CT molecular complexity index is 1400. The summed E-state index contributed by atoms with van der Waals surface area (Å²) in [7, 11) is -6.86. The molecule has 0 amide bonds. The molecule has 0 spiro atoms. The highest BCUT2D eigenvalue weighted by Crippen LogP contribution is 2.41. The van der Waals surface area contributed by atoms with E-state index in [2.05, 4.69) is 84.0 Å². The highest BCUT2D eigenvalue weighted by Gasteiger charge is 2.44. The summed E-state index contributed by atoms with van der Waals surface area (Å²) in [4.78, 5) is 12.0. The lowest BCUT2D eigenvalue weighted by Crippen LogP contribution is -2.51. The van der Waals surface area contributed by atoms with Gasteiger partial charge in [-0.15, -0.1) is 0 Å². The van der Waals surface area contributed by atoms with Crippen molar-refractivity contribution in [3.63, 3.8) is 0 Å². The number of para-hydroxylation sites is 1. The fraction of sp³-hybridized carbons (Fsp3) is 0.706. The van der Waals surface area contributed by atoms with Gasteiger partial charge in [0.15, 0.2) is 16.6 Å². The molecule has 4 atom stereocenters. The second-order valence-electron chi connectivity index (χ2n) is 14.4. The predicted octanol–water partition coefficient (Wildman–Crippen LogP) is 7.78. The maximum atomic E-state index is 13.9. The predicted molar refractivity (Wildman–Crippen MR) is 193 cm³/mol. The molecule has 2 aromatic rings. The molecule has 0 bridgehead atoms. The average molecular weight is 709 g/mol. The summed E-state index contributed by atoms with van der Waals surface area (Å²) >= 11 is 0. The first-order valence-electron chi connectivity index (χ1n) is 17.1. The number of allylic oxidation sites excluding steroid dienone is 1. The highest BCUT2D eigenvalue weighted by molar-refractivity contribution is 7.91. The summed E-state index contributed by atoms with van der Waals surface area (Å²) in [6, 6.07) is 12.0. The number of sulfone groups is 1. The Morgan fingerprint density at radius 1 is 1.00 bits per heavy atom. The van der Waals surface area contributed by atoms with Gasteiger partial charge in [-0.2, -0.15) is 4.68 Å². The minimum absolute atomic E-state index is 0.0752. The van der Waals surface area contributed by atoms with Crippen LogP contribution in [0.15, 0.2) is 47.1 Å². The Morgan fingerprint density at radius 2 is 1.60 bits per heavy atom. The third-order valence-electron chi connectivity index (χ3n) is 10.2.